The van der Waals surface area contributed by atoms with Gasteiger partial charge in [0, 0.05) is 30.9 Å². The zero-order valence-corrected chi connectivity index (χ0v) is 21.3. The summed E-state index contributed by atoms with van der Waals surface area (Å²) in [4.78, 5) is 4.69. The van der Waals surface area contributed by atoms with Gasteiger partial charge in [-0.15, -0.1) is 24.0 Å². The number of nitrogens with one attached hydrogen (secondary N) is 2. The van der Waals surface area contributed by atoms with Gasteiger partial charge in [-0.1, -0.05) is 30.3 Å². The summed E-state index contributed by atoms with van der Waals surface area (Å²) in [6.45, 7) is 7.25. The van der Waals surface area contributed by atoms with E-state index < -0.39 is 5.60 Å². The first-order valence-electron chi connectivity index (χ1n) is 10.4. The van der Waals surface area contributed by atoms with Crippen molar-refractivity contribution in [1.82, 2.24) is 20.4 Å². The van der Waals surface area contributed by atoms with E-state index in [1.807, 2.05) is 75.6 Å². The van der Waals surface area contributed by atoms with Gasteiger partial charge in [-0.3, -0.25) is 4.68 Å². The van der Waals surface area contributed by atoms with E-state index in [1.165, 1.54) is 0 Å². The van der Waals surface area contributed by atoms with E-state index >= 15 is 0 Å². The highest BCUT2D eigenvalue weighted by Crippen LogP contribution is 2.26. The summed E-state index contributed by atoms with van der Waals surface area (Å²) in [6.07, 6.45) is 3.48. The van der Waals surface area contributed by atoms with Crippen molar-refractivity contribution in [2.24, 2.45) is 12.0 Å². The fourth-order valence-corrected chi connectivity index (χ4v) is 3.10. The molecule has 1 aromatic heterocycles. The van der Waals surface area contributed by atoms with Gasteiger partial charge in [-0.25, -0.2) is 4.99 Å². The molecule has 32 heavy (non-hydrogen) atoms. The molecule has 0 aliphatic rings. The molecular formula is C24H32IN5O2. The number of nitrogens with zero attached hydrogens (tertiary/aromatic N) is 3. The molecule has 8 heteroatoms. The number of halogens is 1. The third-order valence-corrected chi connectivity index (χ3v) is 4.87. The topological polar surface area (TPSA) is 83.7 Å². The van der Waals surface area contributed by atoms with Crippen LogP contribution in [0.1, 0.15) is 30.5 Å². The molecule has 3 N–H and O–H groups in total. The molecule has 0 spiro atoms. The maximum Gasteiger partial charge on any atom is 0.191 e. The van der Waals surface area contributed by atoms with Crippen LogP contribution in [0.4, 0.5) is 0 Å². The number of hydrogen-bond acceptors (Lipinski definition) is 4. The molecule has 0 fully saturated rings. The zero-order valence-electron chi connectivity index (χ0n) is 19.0. The van der Waals surface area contributed by atoms with E-state index in [2.05, 4.69) is 20.7 Å². The molecule has 0 amide bonds. The molecule has 0 aliphatic carbocycles. The van der Waals surface area contributed by atoms with Gasteiger partial charge in [0.05, 0.1) is 19.3 Å². The Hall–Kier alpha value is -2.59. The number of guanidine groups is 1. The van der Waals surface area contributed by atoms with Gasteiger partial charge in [0.1, 0.15) is 17.1 Å². The van der Waals surface area contributed by atoms with E-state index in [0.717, 1.165) is 28.2 Å². The third kappa shape index (κ3) is 7.23. The lowest BCUT2D eigenvalue weighted by atomic mass is 10.00. The average Bonchev–Trinajstić information content (AvgIpc) is 3.18. The summed E-state index contributed by atoms with van der Waals surface area (Å²) in [5.74, 6) is 2.20. The summed E-state index contributed by atoms with van der Waals surface area (Å²) in [7, 11) is 1.83. The summed E-state index contributed by atoms with van der Waals surface area (Å²) >= 11 is 0. The van der Waals surface area contributed by atoms with E-state index in [0.29, 0.717) is 25.6 Å². The largest absolute Gasteiger partial charge is 0.457 e. The van der Waals surface area contributed by atoms with Crippen molar-refractivity contribution in [3.63, 3.8) is 0 Å². The number of aliphatic hydroxyl groups is 1. The van der Waals surface area contributed by atoms with Crippen molar-refractivity contribution in [2.45, 2.75) is 32.9 Å². The minimum Gasteiger partial charge on any atom is -0.457 e. The number of rotatable bonds is 8. The van der Waals surface area contributed by atoms with Gasteiger partial charge in [-0.05, 0) is 44.5 Å². The number of aryl methyl sites for hydroxylation is 2. The van der Waals surface area contributed by atoms with Crippen molar-refractivity contribution in [3.05, 3.63) is 77.6 Å². The minimum atomic E-state index is -1.07. The van der Waals surface area contributed by atoms with Crippen molar-refractivity contribution in [3.8, 4) is 11.5 Å². The van der Waals surface area contributed by atoms with Crippen LogP contribution in [0.5, 0.6) is 11.5 Å². The van der Waals surface area contributed by atoms with Crippen LogP contribution in [0.2, 0.25) is 0 Å². The predicted octanol–water partition coefficient (Wildman–Crippen LogP) is 4.10. The molecule has 3 aromatic rings. The first-order chi connectivity index (χ1) is 14.9. The molecule has 1 unspecified atom stereocenters. The summed E-state index contributed by atoms with van der Waals surface area (Å²) in [6, 6.07) is 15.8. The second-order valence-corrected chi connectivity index (χ2v) is 7.75. The van der Waals surface area contributed by atoms with Crippen LogP contribution in [-0.4, -0.2) is 33.9 Å². The highest BCUT2D eigenvalue weighted by molar-refractivity contribution is 14.0. The summed E-state index contributed by atoms with van der Waals surface area (Å²) < 4.78 is 7.77. The summed E-state index contributed by atoms with van der Waals surface area (Å²) in [5, 5.41) is 21.4. The highest BCUT2D eigenvalue weighted by atomic mass is 127. The van der Waals surface area contributed by atoms with Crippen LogP contribution in [0.15, 0.2) is 65.9 Å². The minimum absolute atomic E-state index is 0. The van der Waals surface area contributed by atoms with Crippen molar-refractivity contribution >= 4 is 29.9 Å². The van der Waals surface area contributed by atoms with Gasteiger partial charge in [0.2, 0.25) is 0 Å². The lowest BCUT2D eigenvalue weighted by molar-refractivity contribution is 0.0616. The highest BCUT2D eigenvalue weighted by Gasteiger charge is 2.25. The summed E-state index contributed by atoms with van der Waals surface area (Å²) in [5.41, 5.74) is 1.79. The van der Waals surface area contributed by atoms with Crippen LogP contribution in [-0.2, 0) is 19.2 Å². The number of benzene rings is 2. The van der Waals surface area contributed by atoms with E-state index in [4.69, 9.17) is 4.74 Å². The fraction of sp³-hybridized carbons (Fsp3) is 0.333. The third-order valence-electron chi connectivity index (χ3n) is 4.87. The predicted molar refractivity (Wildman–Crippen MR) is 139 cm³/mol. The van der Waals surface area contributed by atoms with Gasteiger partial charge in [-0.2, -0.15) is 5.10 Å². The van der Waals surface area contributed by atoms with Crippen LogP contribution in [0, 0.1) is 6.92 Å². The number of para-hydroxylation sites is 1. The lowest BCUT2D eigenvalue weighted by Crippen LogP contribution is -2.44. The Balaban J connectivity index is 0.00000363. The molecule has 1 atom stereocenters. The molecule has 1 heterocycles. The standard InChI is InChI=1S/C24H31N5O2.HI/c1-5-25-23(27-17-24(3,30)20-15-28-29(4)16-20)26-14-19-10-6-7-12-22(19)31-21-11-8-9-18(2)13-21;/h6-13,15-16,30H,5,14,17H2,1-4H3,(H2,25,26,27);1H. The Labute approximate surface area is 206 Å². The Kier molecular flexibility index (Phi) is 9.52. The maximum atomic E-state index is 10.8. The monoisotopic (exact) mass is 549 g/mol. The second-order valence-electron chi connectivity index (χ2n) is 7.75. The van der Waals surface area contributed by atoms with Gasteiger partial charge < -0.3 is 20.5 Å². The first kappa shape index (κ1) is 25.7. The molecule has 7 nitrogen and oxygen atoms in total. The Morgan fingerprint density at radius 3 is 2.66 bits per heavy atom. The van der Waals surface area contributed by atoms with Gasteiger partial charge >= 0.3 is 0 Å². The molecule has 3 rings (SSSR count). The molecule has 0 radical (unpaired) electrons. The molecular weight excluding hydrogens is 517 g/mol. The number of aromatic nitrogens is 2. The van der Waals surface area contributed by atoms with Crippen LogP contribution in [0.3, 0.4) is 0 Å². The zero-order chi connectivity index (χ0) is 22.3. The van der Waals surface area contributed by atoms with Crippen LogP contribution >= 0.6 is 24.0 Å². The Morgan fingerprint density at radius 2 is 1.97 bits per heavy atom. The molecule has 0 saturated carbocycles. The Bertz CT molecular complexity index is 1030. The lowest BCUT2D eigenvalue weighted by Gasteiger charge is -2.23. The maximum absolute atomic E-state index is 10.8. The molecule has 172 valence electrons. The number of hydrogen-bond donors (Lipinski definition) is 3. The molecule has 0 bridgehead atoms. The first-order valence-corrected chi connectivity index (χ1v) is 10.4. The molecule has 2 aromatic carbocycles. The second kappa shape index (κ2) is 11.9. The Morgan fingerprint density at radius 1 is 1.19 bits per heavy atom. The number of aliphatic imine (C=N–C) groups is 1. The quantitative estimate of drug-likeness (QED) is 0.224. The van der Waals surface area contributed by atoms with Crippen molar-refractivity contribution in [2.75, 3.05) is 13.1 Å². The van der Waals surface area contributed by atoms with Crippen molar-refractivity contribution in [1.29, 1.82) is 0 Å². The van der Waals surface area contributed by atoms with E-state index in [9.17, 15) is 5.11 Å². The molecule has 0 aliphatic heterocycles. The smallest absolute Gasteiger partial charge is 0.191 e. The average molecular weight is 549 g/mol. The van der Waals surface area contributed by atoms with Gasteiger partial charge in [0.25, 0.3) is 0 Å². The normalized spacial score (nSPS) is 13.1. The number of ether oxygens (including phenoxy) is 1. The SMILES string of the molecule is CCNC(=NCc1ccccc1Oc1cccc(C)c1)NCC(C)(O)c1cnn(C)c1.I. The van der Waals surface area contributed by atoms with Crippen molar-refractivity contribution < 1.29 is 9.84 Å². The van der Waals surface area contributed by atoms with E-state index in [-0.39, 0.29) is 24.0 Å². The molecule has 0 saturated heterocycles. The van der Waals surface area contributed by atoms with E-state index in [1.54, 1.807) is 17.8 Å². The van der Waals surface area contributed by atoms with Crippen LogP contribution < -0.4 is 15.4 Å². The van der Waals surface area contributed by atoms with Crippen LogP contribution in [0.25, 0.3) is 0 Å². The fourth-order valence-electron chi connectivity index (χ4n) is 3.10. The van der Waals surface area contributed by atoms with Gasteiger partial charge in [0.15, 0.2) is 5.96 Å².